The van der Waals surface area contributed by atoms with Crippen LogP contribution in [0, 0.1) is 0 Å². The van der Waals surface area contributed by atoms with Crippen LogP contribution in [0.15, 0.2) is 36.4 Å². The van der Waals surface area contributed by atoms with Gasteiger partial charge in [0, 0.05) is 46.5 Å². The zero-order valence-corrected chi connectivity index (χ0v) is 10.6. The van der Waals surface area contributed by atoms with Gasteiger partial charge in [-0.25, -0.2) is 0 Å². The molecule has 1 aromatic heterocycles. The monoisotopic (exact) mass is 251 g/mol. The van der Waals surface area contributed by atoms with E-state index in [-0.39, 0.29) is 11.9 Å². The molecule has 0 amide bonds. The number of carbonyl (C=O) groups is 1. The van der Waals surface area contributed by atoms with Gasteiger partial charge in [0.15, 0.2) is 5.78 Å². The lowest BCUT2D eigenvalue weighted by Crippen LogP contribution is -1.96. The SMILES string of the molecule is COC1CC(=O)c2ccc3[nH]c4ccccc4c3c21. The van der Waals surface area contributed by atoms with E-state index in [0.717, 1.165) is 32.9 Å². The van der Waals surface area contributed by atoms with E-state index in [0.29, 0.717) is 6.42 Å². The van der Waals surface area contributed by atoms with Gasteiger partial charge in [-0.2, -0.15) is 0 Å². The normalized spacial score (nSPS) is 18.4. The molecule has 1 aliphatic rings. The Morgan fingerprint density at radius 1 is 1.16 bits per heavy atom. The molecular weight excluding hydrogens is 238 g/mol. The van der Waals surface area contributed by atoms with Gasteiger partial charge in [-0.1, -0.05) is 18.2 Å². The molecule has 1 N–H and O–H groups in total. The predicted octanol–water partition coefficient (Wildman–Crippen LogP) is 3.60. The number of hydrogen-bond donors (Lipinski definition) is 1. The van der Waals surface area contributed by atoms with Gasteiger partial charge in [0.25, 0.3) is 0 Å². The molecule has 0 fully saturated rings. The lowest BCUT2D eigenvalue weighted by Gasteiger charge is -2.09. The van der Waals surface area contributed by atoms with Crippen LogP contribution in [0.5, 0.6) is 0 Å². The zero-order chi connectivity index (χ0) is 13.0. The topological polar surface area (TPSA) is 42.1 Å². The average molecular weight is 251 g/mol. The first-order valence-corrected chi connectivity index (χ1v) is 6.39. The Morgan fingerprint density at radius 3 is 2.84 bits per heavy atom. The average Bonchev–Trinajstić information content (AvgIpc) is 2.96. The summed E-state index contributed by atoms with van der Waals surface area (Å²) in [6.07, 6.45) is 0.329. The Balaban J connectivity index is 2.20. The molecule has 0 radical (unpaired) electrons. The number of ether oxygens (including phenoxy) is 1. The maximum absolute atomic E-state index is 12.0. The summed E-state index contributed by atoms with van der Waals surface area (Å²) in [7, 11) is 1.67. The summed E-state index contributed by atoms with van der Waals surface area (Å²) >= 11 is 0. The van der Waals surface area contributed by atoms with Gasteiger partial charge >= 0.3 is 0 Å². The third kappa shape index (κ3) is 1.33. The molecule has 19 heavy (non-hydrogen) atoms. The quantitative estimate of drug-likeness (QED) is 0.718. The Bertz CT molecular complexity index is 816. The number of ketones is 1. The molecule has 0 aliphatic heterocycles. The second-order valence-electron chi connectivity index (χ2n) is 4.97. The standard InChI is InChI=1S/C16H13NO2/c1-19-14-8-13(18)10-6-7-12-15(16(10)14)9-4-2-3-5-11(9)17-12/h2-7,14,17H,8H2,1H3. The molecule has 3 heteroatoms. The highest BCUT2D eigenvalue weighted by atomic mass is 16.5. The van der Waals surface area contributed by atoms with Crippen molar-refractivity contribution in [1.29, 1.82) is 0 Å². The fraction of sp³-hybridized carbons (Fsp3) is 0.188. The summed E-state index contributed by atoms with van der Waals surface area (Å²) in [6.45, 7) is 0. The first-order valence-electron chi connectivity index (χ1n) is 6.39. The summed E-state index contributed by atoms with van der Waals surface area (Å²) in [4.78, 5) is 15.4. The van der Waals surface area contributed by atoms with Crippen LogP contribution in [-0.4, -0.2) is 17.9 Å². The van der Waals surface area contributed by atoms with Crippen molar-refractivity contribution in [1.82, 2.24) is 4.98 Å². The predicted molar refractivity (Wildman–Crippen MR) is 74.5 cm³/mol. The zero-order valence-electron chi connectivity index (χ0n) is 10.6. The number of methoxy groups -OCH3 is 1. The van der Waals surface area contributed by atoms with E-state index in [1.807, 2.05) is 24.3 Å². The van der Waals surface area contributed by atoms with Crippen LogP contribution in [0.25, 0.3) is 21.8 Å². The van der Waals surface area contributed by atoms with Crippen LogP contribution in [0.1, 0.15) is 28.4 Å². The smallest absolute Gasteiger partial charge is 0.166 e. The van der Waals surface area contributed by atoms with Gasteiger partial charge in [0.1, 0.15) is 0 Å². The maximum atomic E-state index is 12.0. The summed E-state index contributed by atoms with van der Waals surface area (Å²) in [5.74, 6) is 0.175. The van der Waals surface area contributed by atoms with Gasteiger partial charge in [0.2, 0.25) is 0 Å². The first-order chi connectivity index (χ1) is 9.29. The molecule has 0 saturated heterocycles. The number of nitrogens with one attached hydrogen (secondary N) is 1. The fourth-order valence-electron chi connectivity index (χ4n) is 3.13. The minimum atomic E-state index is -0.120. The molecule has 4 rings (SSSR count). The fourth-order valence-corrected chi connectivity index (χ4v) is 3.13. The van der Waals surface area contributed by atoms with Crippen molar-refractivity contribution in [2.45, 2.75) is 12.5 Å². The van der Waals surface area contributed by atoms with Gasteiger partial charge in [-0.3, -0.25) is 4.79 Å². The molecule has 0 spiro atoms. The molecule has 1 atom stereocenters. The number of fused-ring (bicyclic) bond motifs is 5. The molecule has 3 aromatic rings. The van der Waals surface area contributed by atoms with Crippen LogP contribution in [-0.2, 0) is 4.74 Å². The van der Waals surface area contributed by atoms with E-state index in [9.17, 15) is 4.79 Å². The van der Waals surface area contributed by atoms with E-state index in [4.69, 9.17) is 4.74 Å². The van der Waals surface area contributed by atoms with E-state index < -0.39 is 0 Å². The summed E-state index contributed by atoms with van der Waals surface area (Å²) in [5.41, 5.74) is 4.02. The molecule has 2 aromatic carbocycles. The van der Waals surface area contributed by atoms with Crippen molar-refractivity contribution >= 4 is 27.6 Å². The lowest BCUT2D eigenvalue weighted by atomic mass is 10.0. The van der Waals surface area contributed by atoms with Crippen LogP contribution >= 0.6 is 0 Å². The number of aromatic nitrogens is 1. The molecule has 94 valence electrons. The Hall–Kier alpha value is -2.13. The summed E-state index contributed by atoms with van der Waals surface area (Å²) in [6, 6.07) is 12.1. The van der Waals surface area contributed by atoms with Gasteiger partial charge in [-0.05, 0) is 18.2 Å². The van der Waals surface area contributed by atoms with Crippen LogP contribution in [0.3, 0.4) is 0 Å². The molecule has 3 nitrogen and oxygen atoms in total. The minimum Gasteiger partial charge on any atom is -0.376 e. The third-order valence-electron chi connectivity index (χ3n) is 3.99. The van der Waals surface area contributed by atoms with E-state index in [1.54, 1.807) is 7.11 Å². The Labute approximate surface area is 110 Å². The molecule has 0 saturated carbocycles. The summed E-state index contributed by atoms with van der Waals surface area (Å²) < 4.78 is 5.50. The number of aromatic amines is 1. The van der Waals surface area contributed by atoms with Gasteiger partial charge in [-0.15, -0.1) is 0 Å². The molecule has 1 heterocycles. The Kier molecular flexibility index (Phi) is 2.09. The van der Waals surface area contributed by atoms with Crippen LogP contribution in [0.2, 0.25) is 0 Å². The number of carbonyl (C=O) groups excluding carboxylic acids is 1. The number of Topliss-reactive ketones (excluding diaryl/α,β-unsaturated/α-hetero) is 1. The molecular formula is C16H13NO2. The van der Waals surface area contributed by atoms with Gasteiger partial charge in [0.05, 0.1) is 6.10 Å². The van der Waals surface area contributed by atoms with Crippen molar-refractivity contribution in [2.75, 3.05) is 7.11 Å². The van der Waals surface area contributed by atoms with Crippen LogP contribution in [0.4, 0.5) is 0 Å². The number of H-pyrrole nitrogens is 1. The van der Waals surface area contributed by atoms with Gasteiger partial charge < -0.3 is 9.72 Å². The van der Waals surface area contributed by atoms with Crippen molar-refractivity contribution in [2.24, 2.45) is 0 Å². The number of benzene rings is 2. The van der Waals surface area contributed by atoms with Crippen molar-refractivity contribution in [3.8, 4) is 0 Å². The number of hydrogen-bond acceptors (Lipinski definition) is 2. The highest BCUT2D eigenvalue weighted by Crippen LogP contribution is 2.41. The third-order valence-corrected chi connectivity index (χ3v) is 3.99. The van der Waals surface area contributed by atoms with Crippen molar-refractivity contribution in [3.63, 3.8) is 0 Å². The first kappa shape index (κ1) is 10.8. The van der Waals surface area contributed by atoms with E-state index >= 15 is 0 Å². The van der Waals surface area contributed by atoms with E-state index in [2.05, 4.69) is 17.1 Å². The maximum Gasteiger partial charge on any atom is 0.166 e. The second-order valence-corrected chi connectivity index (χ2v) is 4.97. The number of rotatable bonds is 1. The van der Waals surface area contributed by atoms with Crippen LogP contribution < -0.4 is 0 Å². The molecule has 0 bridgehead atoms. The highest BCUT2D eigenvalue weighted by molar-refractivity contribution is 6.14. The lowest BCUT2D eigenvalue weighted by molar-refractivity contribution is 0.0815. The largest absolute Gasteiger partial charge is 0.376 e. The molecule has 1 aliphatic carbocycles. The number of para-hydroxylation sites is 1. The Morgan fingerprint density at radius 2 is 2.00 bits per heavy atom. The highest BCUT2D eigenvalue weighted by Gasteiger charge is 2.32. The second kappa shape index (κ2) is 3.68. The molecule has 1 unspecified atom stereocenters. The van der Waals surface area contributed by atoms with E-state index in [1.165, 1.54) is 0 Å². The minimum absolute atomic E-state index is 0.120. The summed E-state index contributed by atoms with van der Waals surface area (Å²) in [5, 5.41) is 2.29. The van der Waals surface area contributed by atoms with Crippen molar-refractivity contribution in [3.05, 3.63) is 47.5 Å². The van der Waals surface area contributed by atoms with Crippen molar-refractivity contribution < 1.29 is 9.53 Å².